The van der Waals surface area contributed by atoms with Crippen LogP contribution < -0.4 is 0 Å². The lowest BCUT2D eigenvalue weighted by Crippen LogP contribution is -2.50. The summed E-state index contributed by atoms with van der Waals surface area (Å²) in [6.45, 7) is 7.12. The minimum absolute atomic E-state index is 0.325. The molecule has 1 unspecified atom stereocenters. The van der Waals surface area contributed by atoms with Crippen molar-refractivity contribution in [3.63, 3.8) is 0 Å². The summed E-state index contributed by atoms with van der Waals surface area (Å²) in [5.74, 6) is 0.604. The molecule has 1 heterocycles. The molecule has 0 aromatic heterocycles. The molecular weight excluding hydrogens is 208 g/mol. The fourth-order valence-corrected chi connectivity index (χ4v) is 3.69. The van der Waals surface area contributed by atoms with Crippen LogP contribution in [0.2, 0.25) is 0 Å². The molecule has 0 bridgehead atoms. The second kappa shape index (κ2) is 5.40. The maximum atomic E-state index is 8.90. The van der Waals surface area contributed by atoms with E-state index in [0.717, 1.165) is 12.5 Å². The molecule has 2 rings (SSSR count). The first-order chi connectivity index (χ1) is 8.13. The van der Waals surface area contributed by atoms with Crippen LogP contribution in [0.15, 0.2) is 0 Å². The molecule has 0 radical (unpaired) electrons. The van der Waals surface area contributed by atoms with Crippen LogP contribution in [0.3, 0.4) is 0 Å². The summed E-state index contributed by atoms with van der Waals surface area (Å²) in [5.41, 5.74) is 0.325. The Morgan fingerprint density at radius 2 is 1.88 bits per heavy atom. The minimum Gasteiger partial charge on any atom is -0.300 e. The Bertz CT molecular complexity index is 284. The second-order valence-electron chi connectivity index (χ2n) is 6.60. The maximum Gasteiger partial charge on any atom is 0.0624 e. The Balaban J connectivity index is 1.94. The lowest BCUT2D eigenvalue weighted by Gasteiger charge is -2.47. The maximum absolute atomic E-state index is 8.90. The van der Waals surface area contributed by atoms with E-state index >= 15 is 0 Å². The first-order valence-electron chi connectivity index (χ1n) is 7.24. The highest BCUT2D eigenvalue weighted by Crippen LogP contribution is 2.39. The van der Waals surface area contributed by atoms with Crippen LogP contribution in [0.5, 0.6) is 0 Å². The van der Waals surface area contributed by atoms with E-state index in [-0.39, 0.29) is 0 Å². The zero-order chi connectivity index (χ0) is 12.3. The number of hydrogen-bond donors (Lipinski definition) is 0. The molecular formula is C15H26N2. The van der Waals surface area contributed by atoms with Crippen molar-refractivity contribution in [1.29, 1.82) is 5.26 Å². The van der Waals surface area contributed by atoms with Crippen molar-refractivity contribution in [1.82, 2.24) is 4.90 Å². The van der Waals surface area contributed by atoms with Crippen molar-refractivity contribution in [2.75, 3.05) is 13.1 Å². The topological polar surface area (TPSA) is 27.0 Å². The molecule has 1 saturated carbocycles. The smallest absolute Gasteiger partial charge is 0.0624 e. The van der Waals surface area contributed by atoms with Crippen LogP contribution in [0.4, 0.5) is 0 Å². The van der Waals surface area contributed by atoms with E-state index in [1.807, 2.05) is 0 Å². The molecule has 2 heteroatoms. The second-order valence-corrected chi connectivity index (χ2v) is 6.60. The van der Waals surface area contributed by atoms with Gasteiger partial charge >= 0.3 is 0 Å². The SMILES string of the molecule is CC1(C)CN(C2CCCCC2)CCC1CC#N. The third kappa shape index (κ3) is 3.01. The van der Waals surface area contributed by atoms with Gasteiger partial charge in [-0.3, -0.25) is 4.90 Å². The van der Waals surface area contributed by atoms with E-state index in [0.29, 0.717) is 11.3 Å². The van der Waals surface area contributed by atoms with Crippen molar-refractivity contribution in [3.05, 3.63) is 0 Å². The van der Waals surface area contributed by atoms with Gasteiger partial charge in [0.1, 0.15) is 0 Å². The summed E-state index contributed by atoms with van der Waals surface area (Å²) < 4.78 is 0. The average molecular weight is 234 g/mol. The summed E-state index contributed by atoms with van der Waals surface area (Å²) in [4.78, 5) is 2.72. The Kier molecular flexibility index (Phi) is 4.09. The molecule has 96 valence electrons. The van der Waals surface area contributed by atoms with Crippen LogP contribution in [0, 0.1) is 22.7 Å². The van der Waals surface area contributed by atoms with Crippen molar-refractivity contribution in [2.45, 2.75) is 64.8 Å². The van der Waals surface area contributed by atoms with Crippen LogP contribution in [-0.4, -0.2) is 24.0 Å². The zero-order valence-corrected chi connectivity index (χ0v) is 11.4. The number of likely N-dealkylation sites (tertiary alicyclic amines) is 1. The molecule has 0 aromatic rings. The Hall–Kier alpha value is -0.550. The Morgan fingerprint density at radius 3 is 2.47 bits per heavy atom. The third-order valence-corrected chi connectivity index (χ3v) is 4.91. The van der Waals surface area contributed by atoms with Crippen LogP contribution in [-0.2, 0) is 0 Å². The van der Waals surface area contributed by atoms with E-state index in [4.69, 9.17) is 5.26 Å². The van der Waals surface area contributed by atoms with Gasteiger partial charge in [-0.05, 0) is 37.1 Å². The van der Waals surface area contributed by atoms with Gasteiger partial charge in [-0.15, -0.1) is 0 Å². The lowest BCUT2D eigenvalue weighted by atomic mass is 9.72. The predicted octanol–water partition coefficient (Wildman–Crippen LogP) is 3.58. The van der Waals surface area contributed by atoms with Crippen molar-refractivity contribution >= 4 is 0 Å². The van der Waals surface area contributed by atoms with E-state index in [1.54, 1.807) is 0 Å². The van der Waals surface area contributed by atoms with Gasteiger partial charge in [-0.2, -0.15) is 5.26 Å². The molecule has 1 saturated heterocycles. The number of nitrogens with zero attached hydrogens (tertiary/aromatic N) is 2. The molecule has 2 nitrogen and oxygen atoms in total. The van der Waals surface area contributed by atoms with Gasteiger partial charge in [-0.1, -0.05) is 33.1 Å². The van der Waals surface area contributed by atoms with Gasteiger partial charge in [0.05, 0.1) is 6.07 Å². The average Bonchev–Trinajstić information content (AvgIpc) is 2.33. The monoisotopic (exact) mass is 234 g/mol. The van der Waals surface area contributed by atoms with Gasteiger partial charge < -0.3 is 0 Å². The fraction of sp³-hybridized carbons (Fsp3) is 0.933. The standard InChI is InChI=1S/C15H26N2/c1-15(2)12-17(11-9-13(15)8-10-16)14-6-4-3-5-7-14/h13-14H,3-9,11-12H2,1-2H3. The van der Waals surface area contributed by atoms with Crippen LogP contribution in [0.25, 0.3) is 0 Å². The van der Waals surface area contributed by atoms with E-state index in [1.165, 1.54) is 51.6 Å². The molecule has 0 spiro atoms. The Morgan fingerprint density at radius 1 is 1.18 bits per heavy atom. The molecule has 17 heavy (non-hydrogen) atoms. The van der Waals surface area contributed by atoms with Gasteiger partial charge in [0, 0.05) is 19.0 Å². The molecule has 0 N–H and O–H groups in total. The first-order valence-corrected chi connectivity index (χ1v) is 7.24. The highest BCUT2D eigenvalue weighted by Gasteiger charge is 2.37. The summed E-state index contributed by atoms with van der Waals surface area (Å²) >= 11 is 0. The predicted molar refractivity (Wildman–Crippen MR) is 70.6 cm³/mol. The van der Waals surface area contributed by atoms with Gasteiger partial charge in [0.2, 0.25) is 0 Å². The van der Waals surface area contributed by atoms with Gasteiger partial charge in [-0.25, -0.2) is 0 Å². The van der Waals surface area contributed by atoms with E-state index in [9.17, 15) is 0 Å². The Labute approximate surface area is 106 Å². The number of nitriles is 1. The summed E-state index contributed by atoms with van der Waals surface area (Å²) in [6, 6.07) is 3.21. The molecule has 0 aromatic carbocycles. The van der Waals surface area contributed by atoms with Crippen LogP contribution >= 0.6 is 0 Å². The fourth-order valence-electron chi connectivity index (χ4n) is 3.69. The van der Waals surface area contributed by atoms with Crippen molar-refractivity contribution in [2.24, 2.45) is 11.3 Å². The number of hydrogen-bond acceptors (Lipinski definition) is 2. The molecule has 0 amide bonds. The minimum atomic E-state index is 0.325. The number of piperidine rings is 1. The normalized spacial score (nSPS) is 31.0. The summed E-state index contributed by atoms with van der Waals surface area (Å²) in [5, 5.41) is 8.90. The summed E-state index contributed by atoms with van der Waals surface area (Å²) in [7, 11) is 0. The van der Waals surface area contributed by atoms with Crippen molar-refractivity contribution < 1.29 is 0 Å². The first kappa shape index (κ1) is 12.9. The van der Waals surface area contributed by atoms with Gasteiger partial charge in [0.25, 0.3) is 0 Å². The molecule has 2 fully saturated rings. The van der Waals surface area contributed by atoms with Gasteiger partial charge in [0.15, 0.2) is 0 Å². The highest BCUT2D eigenvalue weighted by molar-refractivity contribution is 4.93. The molecule has 1 aliphatic carbocycles. The largest absolute Gasteiger partial charge is 0.300 e. The lowest BCUT2D eigenvalue weighted by molar-refractivity contribution is 0.0191. The molecule has 1 atom stereocenters. The molecule has 1 aliphatic heterocycles. The van der Waals surface area contributed by atoms with E-state index in [2.05, 4.69) is 24.8 Å². The number of rotatable bonds is 2. The quantitative estimate of drug-likeness (QED) is 0.730. The zero-order valence-electron chi connectivity index (χ0n) is 11.4. The molecule has 2 aliphatic rings. The summed E-state index contributed by atoms with van der Waals surface area (Å²) in [6.07, 6.45) is 9.04. The van der Waals surface area contributed by atoms with Crippen molar-refractivity contribution in [3.8, 4) is 6.07 Å². The van der Waals surface area contributed by atoms with Crippen LogP contribution in [0.1, 0.15) is 58.8 Å². The third-order valence-electron chi connectivity index (χ3n) is 4.91. The van der Waals surface area contributed by atoms with E-state index < -0.39 is 0 Å². The highest BCUT2D eigenvalue weighted by atomic mass is 15.2.